The molecule has 1 aromatic rings. The summed E-state index contributed by atoms with van der Waals surface area (Å²) in [5, 5.41) is 0.306. The Morgan fingerprint density at radius 3 is 2.62 bits per heavy atom. The van der Waals surface area contributed by atoms with Gasteiger partial charge in [0.05, 0.1) is 5.02 Å². The van der Waals surface area contributed by atoms with Crippen molar-refractivity contribution in [2.45, 2.75) is 13.8 Å². The van der Waals surface area contributed by atoms with E-state index in [1.165, 1.54) is 18.2 Å². The second kappa shape index (κ2) is 3.88. The fourth-order valence-electron chi connectivity index (χ4n) is 0.997. The Morgan fingerprint density at radius 2 is 2.08 bits per heavy atom. The summed E-state index contributed by atoms with van der Waals surface area (Å²) in [4.78, 5) is 11.5. The second-order valence-electron chi connectivity index (χ2n) is 3.14. The van der Waals surface area contributed by atoms with Crippen molar-refractivity contribution in [3.63, 3.8) is 0 Å². The molecule has 0 aliphatic heterocycles. The summed E-state index contributed by atoms with van der Waals surface area (Å²) >= 11 is 5.75. The van der Waals surface area contributed by atoms with Crippen molar-refractivity contribution < 1.29 is 9.18 Å². The predicted molar refractivity (Wildman–Crippen MR) is 50.6 cm³/mol. The lowest BCUT2D eigenvalue weighted by molar-refractivity contribution is 0.0939. The molecule has 0 atom stereocenters. The van der Waals surface area contributed by atoms with Gasteiger partial charge < -0.3 is 0 Å². The first kappa shape index (κ1) is 10.2. The van der Waals surface area contributed by atoms with E-state index in [9.17, 15) is 9.18 Å². The summed E-state index contributed by atoms with van der Waals surface area (Å²) in [6, 6.07) is 3.80. The molecule has 3 heteroatoms. The molecule has 0 amide bonds. The topological polar surface area (TPSA) is 17.1 Å². The fraction of sp³-hybridized carbons (Fsp3) is 0.300. The number of carbonyl (C=O) groups is 1. The molecule has 1 rings (SSSR count). The van der Waals surface area contributed by atoms with Crippen LogP contribution in [0.5, 0.6) is 0 Å². The SMILES string of the molecule is CC(C)C(=O)c1cc(F)ccc1Cl. The number of carbonyl (C=O) groups excluding carboxylic acids is 1. The normalized spacial score (nSPS) is 10.5. The molecular weight excluding hydrogens is 191 g/mol. The summed E-state index contributed by atoms with van der Waals surface area (Å²) in [5.41, 5.74) is 0.261. The molecule has 1 nitrogen and oxygen atoms in total. The van der Waals surface area contributed by atoms with Crippen LogP contribution in [0.4, 0.5) is 4.39 Å². The summed E-state index contributed by atoms with van der Waals surface area (Å²) in [5.74, 6) is -0.739. The molecular formula is C10H10ClFO. The Morgan fingerprint density at radius 1 is 1.46 bits per heavy atom. The molecule has 13 heavy (non-hydrogen) atoms. The molecule has 0 aliphatic carbocycles. The summed E-state index contributed by atoms with van der Waals surface area (Å²) in [6.45, 7) is 3.51. The maximum absolute atomic E-state index is 12.8. The van der Waals surface area contributed by atoms with E-state index >= 15 is 0 Å². The minimum atomic E-state index is -0.437. The van der Waals surface area contributed by atoms with Crippen LogP contribution in [0.15, 0.2) is 18.2 Å². The lowest BCUT2D eigenvalue weighted by Crippen LogP contribution is -2.08. The molecule has 0 fully saturated rings. The number of rotatable bonds is 2. The highest BCUT2D eigenvalue weighted by molar-refractivity contribution is 6.34. The number of hydrogen-bond donors (Lipinski definition) is 0. The van der Waals surface area contributed by atoms with Gasteiger partial charge in [-0.05, 0) is 18.2 Å². The van der Waals surface area contributed by atoms with Gasteiger partial charge in [-0.1, -0.05) is 25.4 Å². The van der Waals surface area contributed by atoms with Crippen LogP contribution in [-0.4, -0.2) is 5.78 Å². The van der Waals surface area contributed by atoms with E-state index in [0.29, 0.717) is 5.02 Å². The van der Waals surface area contributed by atoms with E-state index in [-0.39, 0.29) is 17.3 Å². The Balaban J connectivity index is 3.13. The van der Waals surface area contributed by atoms with Gasteiger partial charge in [-0.15, -0.1) is 0 Å². The minimum Gasteiger partial charge on any atom is -0.294 e. The molecule has 0 aromatic heterocycles. The Kier molecular flexibility index (Phi) is 3.04. The van der Waals surface area contributed by atoms with Gasteiger partial charge in [-0.2, -0.15) is 0 Å². The summed E-state index contributed by atoms with van der Waals surface area (Å²) < 4.78 is 12.8. The molecule has 0 spiro atoms. The average Bonchev–Trinajstić information content (AvgIpc) is 2.08. The number of ketones is 1. The van der Waals surface area contributed by atoms with Crippen LogP contribution in [-0.2, 0) is 0 Å². The number of Topliss-reactive ketones (excluding diaryl/α,β-unsaturated/α-hetero) is 1. The van der Waals surface area contributed by atoms with Gasteiger partial charge in [0.25, 0.3) is 0 Å². The van der Waals surface area contributed by atoms with Crippen molar-refractivity contribution >= 4 is 17.4 Å². The van der Waals surface area contributed by atoms with Crippen LogP contribution in [0.2, 0.25) is 5.02 Å². The molecule has 0 heterocycles. The third-order valence-corrected chi connectivity index (χ3v) is 2.05. The predicted octanol–water partition coefficient (Wildman–Crippen LogP) is 3.32. The number of halogens is 2. The molecule has 0 unspecified atom stereocenters. The maximum atomic E-state index is 12.8. The molecule has 0 bridgehead atoms. The largest absolute Gasteiger partial charge is 0.294 e. The Labute approximate surface area is 81.5 Å². The van der Waals surface area contributed by atoms with E-state index in [0.717, 1.165) is 0 Å². The van der Waals surface area contributed by atoms with E-state index in [1.807, 2.05) is 0 Å². The Hall–Kier alpha value is -0.890. The van der Waals surface area contributed by atoms with Crippen LogP contribution in [0.1, 0.15) is 24.2 Å². The minimum absolute atomic E-state index is 0.135. The summed E-state index contributed by atoms with van der Waals surface area (Å²) in [6.07, 6.45) is 0. The monoisotopic (exact) mass is 200 g/mol. The molecule has 0 saturated carbocycles. The van der Waals surface area contributed by atoms with Crippen molar-refractivity contribution in [3.8, 4) is 0 Å². The number of hydrogen-bond acceptors (Lipinski definition) is 1. The third kappa shape index (κ3) is 2.28. The van der Waals surface area contributed by atoms with Gasteiger partial charge in [0.15, 0.2) is 5.78 Å². The van der Waals surface area contributed by atoms with Gasteiger partial charge in [0.2, 0.25) is 0 Å². The van der Waals surface area contributed by atoms with E-state index in [1.54, 1.807) is 13.8 Å². The molecule has 1 aromatic carbocycles. The van der Waals surface area contributed by atoms with Crippen LogP contribution < -0.4 is 0 Å². The van der Waals surface area contributed by atoms with Crippen LogP contribution in [0.3, 0.4) is 0 Å². The fourth-order valence-corrected chi connectivity index (χ4v) is 1.21. The van der Waals surface area contributed by atoms with E-state index < -0.39 is 5.82 Å². The van der Waals surface area contributed by atoms with Gasteiger partial charge in [0.1, 0.15) is 5.82 Å². The lowest BCUT2D eigenvalue weighted by atomic mass is 10.0. The average molecular weight is 201 g/mol. The third-order valence-electron chi connectivity index (χ3n) is 1.72. The lowest BCUT2D eigenvalue weighted by Gasteiger charge is -2.05. The van der Waals surface area contributed by atoms with E-state index in [4.69, 9.17) is 11.6 Å². The standard InChI is InChI=1S/C10H10ClFO/c1-6(2)10(13)8-5-7(12)3-4-9(8)11/h3-6H,1-2H3. The van der Waals surface area contributed by atoms with Gasteiger partial charge in [0, 0.05) is 11.5 Å². The first-order valence-corrected chi connectivity index (χ1v) is 4.39. The van der Waals surface area contributed by atoms with Gasteiger partial charge in [-0.3, -0.25) is 4.79 Å². The Bertz CT molecular complexity index is 334. The van der Waals surface area contributed by atoms with Crippen molar-refractivity contribution in [3.05, 3.63) is 34.6 Å². The van der Waals surface area contributed by atoms with Crippen molar-refractivity contribution in [2.24, 2.45) is 5.92 Å². The second-order valence-corrected chi connectivity index (χ2v) is 3.55. The zero-order chi connectivity index (χ0) is 10.0. The first-order valence-electron chi connectivity index (χ1n) is 4.01. The maximum Gasteiger partial charge on any atom is 0.166 e. The van der Waals surface area contributed by atoms with Crippen molar-refractivity contribution in [1.29, 1.82) is 0 Å². The molecule has 0 saturated heterocycles. The highest BCUT2D eigenvalue weighted by Crippen LogP contribution is 2.20. The highest BCUT2D eigenvalue weighted by Gasteiger charge is 2.14. The summed E-state index contributed by atoms with van der Waals surface area (Å²) in [7, 11) is 0. The molecule has 0 N–H and O–H groups in total. The van der Waals surface area contributed by atoms with Crippen molar-refractivity contribution in [2.75, 3.05) is 0 Å². The van der Waals surface area contributed by atoms with Gasteiger partial charge in [-0.25, -0.2) is 4.39 Å². The zero-order valence-corrected chi connectivity index (χ0v) is 8.23. The smallest absolute Gasteiger partial charge is 0.166 e. The first-order chi connectivity index (χ1) is 6.02. The molecule has 0 radical (unpaired) electrons. The zero-order valence-electron chi connectivity index (χ0n) is 7.47. The molecule has 0 aliphatic rings. The van der Waals surface area contributed by atoms with Crippen LogP contribution in [0.25, 0.3) is 0 Å². The quantitative estimate of drug-likeness (QED) is 0.670. The van der Waals surface area contributed by atoms with Crippen molar-refractivity contribution in [1.82, 2.24) is 0 Å². The van der Waals surface area contributed by atoms with E-state index in [2.05, 4.69) is 0 Å². The number of benzene rings is 1. The van der Waals surface area contributed by atoms with Crippen LogP contribution >= 0.6 is 11.6 Å². The van der Waals surface area contributed by atoms with Gasteiger partial charge >= 0.3 is 0 Å². The highest BCUT2D eigenvalue weighted by atomic mass is 35.5. The molecule has 70 valence electrons. The van der Waals surface area contributed by atoms with Crippen LogP contribution in [0, 0.1) is 11.7 Å².